The van der Waals surface area contributed by atoms with Crippen LogP contribution in [0.4, 0.5) is 31.8 Å². The summed E-state index contributed by atoms with van der Waals surface area (Å²) in [6.07, 6.45) is 2.55. The van der Waals surface area contributed by atoms with Gasteiger partial charge in [0.1, 0.15) is 22.8 Å². The van der Waals surface area contributed by atoms with E-state index < -0.39 is 11.6 Å². The largest absolute Gasteiger partial charge is 0.494 e. The number of ether oxygens (including phenoxy) is 1. The van der Waals surface area contributed by atoms with Gasteiger partial charge in [0.05, 0.1) is 29.7 Å². The number of hydrogen-bond donors (Lipinski definition) is 2. The first-order chi connectivity index (χ1) is 17.2. The number of benzene rings is 2. The van der Waals surface area contributed by atoms with Crippen LogP contribution in [0.3, 0.4) is 0 Å². The van der Waals surface area contributed by atoms with Gasteiger partial charge in [-0.1, -0.05) is 0 Å². The zero-order valence-electron chi connectivity index (χ0n) is 21.0. The quantitative estimate of drug-likeness (QED) is 0.335. The lowest BCUT2D eigenvalue weighted by Gasteiger charge is -2.24. The number of hydrogen-bond acceptors (Lipinski definition) is 8. The van der Waals surface area contributed by atoms with Crippen LogP contribution in [0.2, 0.25) is 0 Å². The van der Waals surface area contributed by atoms with Gasteiger partial charge in [0.2, 0.25) is 5.95 Å². The summed E-state index contributed by atoms with van der Waals surface area (Å²) in [6.45, 7) is 1.81. The first-order valence-corrected chi connectivity index (χ1v) is 11.4. The molecule has 0 aliphatic rings. The molecule has 2 aromatic heterocycles. The number of fused-ring (bicyclic) bond motifs is 1. The molecule has 4 rings (SSSR count). The Hall–Kier alpha value is -3.99. The van der Waals surface area contributed by atoms with Crippen LogP contribution in [0.25, 0.3) is 22.6 Å². The third-order valence-corrected chi connectivity index (χ3v) is 5.88. The van der Waals surface area contributed by atoms with Crippen LogP contribution in [0.1, 0.15) is 6.42 Å². The smallest absolute Gasteiger partial charge is 0.227 e. The van der Waals surface area contributed by atoms with Crippen molar-refractivity contribution in [3.8, 4) is 17.3 Å². The molecule has 190 valence electrons. The Labute approximate surface area is 208 Å². The molecule has 36 heavy (non-hydrogen) atoms. The third kappa shape index (κ3) is 5.15. The van der Waals surface area contributed by atoms with Crippen LogP contribution in [-0.4, -0.2) is 65.8 Å². The molecule has 11 heteroatoms. The summed E-state index contributed by atoms with van der Waals surface area (Å²) in [7, 11) is 9.31. The Balaban J connectivity index is 1.62. The zero-order chi connectivity index (χ0) is 26.0. The molecular formula is C25H30F2N8O. The van der Waals surface area contributed by atoms with E-state index in [1.54, 1.807) is 32.5 Å². The van der Waals surface area contributed by atoms with E-state index in [2.05, 4.69) is 30.1 Å². The summed E-state index contributed by atoms with van der Waals surface area (Å²) in [5.41, 5.74) is 9.25. The normalized spacial score (nSPS) is 11.3. The highest BCUT2D eigenvalue weighted by Crippen LogP contribution is 2.36. The van der Waals surface area contributed by atoms with E-state index in [9.17, 15) is 8.78 Å². The molecule has 0 aliphatic heterocycles. The molecule has 0 saturated heterocycles. The highest BCUT2D eigenvalue weighted by atomic mass is 19.1. The van der Waals surface area contributed by atoms with Gasteiger partial charge in [-0.05, 0) is 39.2 Å². The molecule has 0 fully saturated rings. The predicted molar refractivity (Wildman–Crippen MR) is 139 cm³/mol. The van der Waals surface area contributed by atoms with E-state index in [0.717, 1.165) is 31.3 Å². The molecule has 0 unspecified atom stereocenters. The highest BCUT2D eigenvalue weighted by Gasteiger charge is 2.17. The first kappa shape index (κ1) is 25.1. The summed E-state index contributed by atoms with van der Waals surface area (Å²) in [6, 6.07) is 7.33. The number of nitrogen functional groups attached to an aromatic ring is 1. The summed E-state index contributed by atoms with van der Waals surface area (Å²) >= 11 is 0. The van der Waals surface area contributed by atoms with Crippen molar-refractivity contribution in [2.45, 2.75) is 6.42 Å². The highest BCUT2D eigenvalue weighted by molar-refractivity contribution is 5.81. The maximum atomic E-state index is 14.3. The number of imidazole rings is 1. The fourth-order valence-corrected chi connectivity index (χ4v) is 4.09. The number of nitrogens with one attached hydrogen (secondary N) is 1. The Kier molecular flexibility index (Phi) is 7.20. The Bertz CT molecular complexity index is 1390. The lowest BCUT2D eigenvalue weighted by molar-refractivity contribution is 0.401. The Morgan fingerprint density at radius 3 is 2.58 bits per heavy atom. The Morgan fingerprint density at radius 1 is 1.08 bits per heavy atom. The number of aryl methyl sites for hydroxylation is 1. The molecule has 0 saturated carbocycles. The van der Waals surface area contributed by atoms with Gasteiger partial charge in [-0.2, -0.15) is 0 Å². The number of halogens is 2. The molecular weight excluding hydrogens is 466 g/mol. The van der Waals surface area contributed by atoms with Gasteiger partial charge in [0.25, 0.3) is 0 Å². The van der Waals surface area contributed by atoms with Crippen LogP contribution < -0.4 is 20.7 Å². The zero-order valence-corrected chi connectivity index (χ0v) is 21.0. The molecule has 0 aliphatic carbocycles. The SMILES string of the molecule is COc1cc(N(C)CCCN(C)C)c(N)cc1Nc1nccc(-c2nc3cc(F)cc(F)c3n2C)n1. The van der Waals surface area contributed by atoms with Crippen LogP contribution in [-0.2, 0) is 7.05 Å². The molecule has 0 spiro atoms. The van der Waals surface area contributed by atoms with Crippen molar-refractivity contribution in [3.05, 3.63) is 48.2 Å². The molecule has 3 N–H and O–H groups in total. The Morgan fingerprint density at radius 2 is 1.86 bits per heavy atom. The fraction of sp³-hybridized carbons (Fsp3) is 0.320. The van der Waals surface area contributed by atoms with E-state index in [-0.39, 0.29) is 17.0 Å². The van der Waals surface area contributed by atoms with E-state index in [0.29, 0.717) is 28.6 Å². The van der Waals surface area contributed by atoms with Gasteiger partial charge < -0.3 is 30.2 Å². The minimum absolute atomic E-state index is 0.194. The second-order valence-electron chi connectivity index (χ2n) is 8.83. The standard InChI is InChI=1S/C25H30F2N8O/c1-33(2)9-6-10-34(3)21-14-22(36-5)19(13-17(21)28)32-25-29-8-7-18(31-25)24-30-20-12-15(26)11-16(27)23(20)35(24)4/h7-8,11-14H,6,9-10,28H2,1-5H3,(H,29,31,32). The molecule has 2 heterocycles. The molecule has 0 bridgehead atoms. The second kappa shape index (κ2) is 10.3. The van der Waals surface area contributed by atoms with Crippen molar-refractivity contribution in [2.75, 3.05) is 57.3 Å². The van der Waals surface area contributed by atoms with Crippen molar-refractivity contribution in [2.24, 2.45) is 7.05 Å². The lowest BCUT2D eigenvalue weighted by Crippen LogP contribution is -2.24. The number of anilines is 4. The minimum Gasteiger partial charge on any atom is -0.494 e. The maximum Gasteiger partial charge on any atom is 0.227 e. The average molecular weight is 497 g/mol. The topological polar surface area (TPSA) is 97.4 Å². The number of aromatic nitrogens is 4. The minimum atomic E-state index is -0.689. The summed E-state index contributed by atoms with van der Waals surface area (Å²) in [5.74, 6) is -0.151. The summed E-state index contributed by atoms with van der Waals surface area (Å²) < 4.78 is 35.2. The van der Waals surface area contributed by atoms with Crippen LogP contribution in [0, 0.1) is 11.6 Å². The number of methoxy groups -OCH3 is 1. The van der Waals surface area contributed by atoms with E-state index in [1.807, 2.05) is 27.2 Å². The lowest BCUT2D eigenvalue weighted by atomic mass is 10.2. The second-order valence-corrected chi connectivity index (χ2v) is 8.83. The molecule has 4 aromatic rings. The van der Waals surface area contributed by atoms with Gasteiger partial charge >= 0.3 is 0 Å². The number of rotatable bonds is 9. The van der Waals surface area contributed by atoms with Gasteiger partial charge in [0.15, 0.2) is 11.6 Å². The molecule has 0 atom stereocenters. The van der Waals surface area contributed by atoms with Crippen LogP contribution in [0.15, 0.2) is 36.5 Å². The average Bonchev–Trinajstić information content (AvgIpc) is 3.15. The van der Waals surface area contributed by atoms with Crippen molar-refractivity contribution in [1.82, 2.24) is 24.4 Å². The number of nitrogens with zero attached hydrogens (tertiary/aromatic N) is 6. The van der Waals surface area contributed by atoms with Gasteiger partial charge in [-0.3, -0.25) is 0 Å². The maximum absolute atomic E-state index is 14.3. The van der Waals surface area contributed by atoms with Crippen molar-refractivity contribution in [3.63, 3.8) is 0 Å². The van der Waals surface area contributed by atoms with Crippen molar-refractivity contribution in [1.29, 1.82) is 0 Å². The van der Waals surface area contributed by atoms with Gasteiger partial charge in [-0.15, -0.1) is 0 Å². The third-order valence-electron chi connectivity index (χ3n) is 5.88. The van der Waals surface area contributed by atoms with Crippen LogP contribution >= 0.6 is 0 Å². The van der Waals surface area contributed by atoms with E-state index in [4.69, 9.17) is 10.5 Å². The van der Waals surface area contributed by atoms with Crippen molar-refractivity contribution < 1.29 is 13.5 Å². The number of nitrogens with two attached hydrogens (primary N) is 1. The summed E-state index contributed by atoms with van der Waals surface area (Å²) in [5, 5.41) is 3.15. The van der Waals surface area contributed by atoms with Crippen molar-refractivity contribution >= 4 is 34.0 Å². The molecule has 2 aromatic carbocycles. The predicted octanol–water partition coefficient (Wildman–Crippen LogP) is 4.03. The monoisotopic (exact) mass is 496 g/mol. The molecule has 9 nitrogen and oxygen atoms in total. The van der Waals surface area contributed by atoms with Crippen LogP contribution in [0.5, 0.6) is 5.75 Å². The van der Waals surface area contributed by atoms with Gasteiger partial charge in [-0.25, -0.2) is 23.7 Å². The fourth-order valence-electron chi connectivity index (χ4n) is 4.09. The van der Waals surface area contributed by atoms with Gasteiger partial charge in [0, 0.05) is 45.0 Å². The van der Waals surface area contributed by atoms with E-state index in [1.165, 1.54) is 10.6 Å². The molecule has 0 amide bonds. The summed E-state index contributed by atoms with van der Waals surface area (Å²) in [4.78, 5) is 17.4. The van der Waals surface area contributed by atoms with E-state index >= 15 is 0 Å². The first-order valence-electron chi connectivity index (χ1n) is 11.4. The molecule has 0 radical (unpaired) electrons.